The Bertz CT molecular complexity index is 470. The molecule has 1 aliphatic carbocycles. The molecule has 0 heterocycles. The molecule has 1 aromatic rings. The summed E-state index contributed by atoms with van der Waals surface area (Å²) >= 11 is 0. The summed E-state index contributed by atoms with van der Waals surface area (Å²) in [5.41, 5.74) is 0.955. The van der Waals surface area contributed by atoms with Crippen molar-refractivity contribution < 1.29 is 9.53 Å². The molecule has 0 bridgehead atoms. The normalized spacial score (nSPS) is 16.8. The zero-order chi connectivity index (χ0) is 14.1. The van der Waals surface area contributed by atoms with Crippen molar-refractivity contribution in [3.63, 3.8) is 0 Å². The minimum absolute atomic E-state index is 0.0769. The van der Waals surface area contributed by atoms with Crippen molar-refractivity contribution in [2.75, 3.05) is 13.7 Å². The third kappa shape index (κ3) is 2.91. The number of rotatable bonds is 4. The number of hydrogen-bond acceptors (Lipinski definition) is 2. The number of methoxy groups -OCH3 is 1. The zero-order valence-corrected chi connectivity index (χ0v) is 12.2. The lowest BCUT2D eigenvalue weighted by Gasteiger charge is -2.23. The van der Waals surface area contributed by atoms with Crippen LogP contribution in [0.2, 0.25) is 0 Å². The van der Waals surface area contributed by atoms with Crippen LogP contribution < -0.4 is 10.1 Å². The number of para-hydroxylation sites is 1. The molecule has 0 aliphatic heterocycles. The smallest absolute Gasteiger partial charge is 0.225 e. The topological polar surface area (TPSA) is 38.3 Å². The highest BCUT2D eigenvalue weighted by atomic mass is 16.5. The third-order valence-corrected chi connectivity index (χ3v) is 3.80. The summed E-state index contributed by atoms with van der Waals surface area (Å²) in [5, 5.41) is 3.08. The van der Waals surface area contributed by atoms with E-state index >= 15 is 0 Å². The largest absolute Gasteiger partial charge is 0.496 e. The Morgan fingerprint density at radius 3 is 2.47 bits per heavy atom. The van der Waals surface area contributed by atoms with Gasteiger partial charge in [-0.2, -0.15) is 0 Å². The van der Waals surface area contributed by atoms with Crippen LogP contribution in [0.15, 0.2) is 24.3 Å². The molecule has 0 radical (unpaired) electrons. The first kappa shape index (κ1) is 13.9. The maximum absolute atomic E-state index is 12.0. The van der Waals surface area contributed by atoms with Crippen LogP contribution in [-0.4, -0.2) is 19.6 Å². The second kappa shape index (κ2) is 4.87. The van der Waals surface area contributed by atoms with E-state index in [9.17, 15) is 4.79 Å². The van der Waals surface area contributed by atoms with E-state index in [1.807, 2.05) is 39.0 Å². The van der Waals surface area contributed by atoms with Crippen LogP contribution >= 0.6 is 0 Å². The van der Waals surface area contributed by atoms with Gasteiger partial charge in [-0.15, -0.1) is 0 Å². The quantitative estimate of drug-likeness (QED) is 0.905. The number of hydrogen-bond donors (Lipinski definition) is 1. The molecule has 1 amide bonds. The predicted octanol–water partition coefficient (Wildman–Crippen LogP) is 2.89. The van der Waals surface area contributed by atoms with E-state index in [1.165, 1.54) is 5.56 Å². The molecule has 0 unspecified atom stereocenters. The predicted molar refractivity (Wildman–Crippen MR) is 76.4 cm³/mol. The highest BCUT2D eigenvalue weighted by Gasteiger charge is 2.46. The summed E-state index contributed by atoms with van der Waals surface area (Å²) in [6, 6.07) is 8.10. The van der Waals surface area contributed by atoms with E-state index in [4.69, 9.17) is 4.74 Å². The summed E-state index contributed by atoms with van der Waals surface area (Å²) in [4.78, 5) is 12.0. The van der Waals surface area contributed by atoms with Gasteiger partial charge in [0.05, 0.1) is 7.11 Å². The second-order valence-corrected chi connectivity index (χ2v) is 6.41. The first-order chi connectivity index (χ1) is 8.89. The van der Waals surface area contributed by atoms with Gasteiger partial charge in [0.15, 0.2) is 0 Å². The highest BCUT2D eigenvalue weighted by molar-refractivity contribution is 5.81. The Labute approximate surface area is 115 Å². The molecule has 19 heavy (non-hydrogen) atoms. The Hall–Kier alpha value is -1.51. The standard InChI is InChI=1S/C16H23NO2/c1-15(2,3)14(18)17-11-16(9-10-16)12-7-5-6-8-13(12)19-4/h5-8H,9-11H2,1-4H3,(H,17,18). The lowest BCUT2D eigenvalue weighted by Crippen LogP contribution is -2.39. The molecule has 2 rings (SSSR count). The average Bonchev–Trinajstić information content (AvgIpc) is 3.16. The Balaban J connectivity index is 2.10. The van der Waals surface area contributed by atoms with Gasteiger partial charge in [-0.05, 0) is 18.9 Å². The van der Waals surface area contributed by atoms with Gasteiger partial charge >= 0.3 is 0 Å². The minimum Gasteiger partial charge on any atom is -0.496 e. The van der Waals surface area contributed by atoms with Crippen molar-refractivity contribution >= 4 is 5.91 Å². The molecule has 3 nitrogen and oxygen atoms in total. The van der Waals surface area contributed by atoms with E-state index in [-0.39, 0.29) is 16.7 Å². The molecule has 0 spiro atoms. The van der Waals surface area contributed by atoms with Crippen molar-refractivity contribution in [3.05, 3.63) is 29.8 Å². The number of amides is 1. The molecule has 1 aromatic carbocycles. The zero-order valence-electron chi connectivity index (χ0n) is 12.2. The van der Waals surface area contributed by atoms with E-state index in [0.29, 0.717) is 6.54 Å². The third-order valence-electron chi connectivity index (χ3n) is 3.80. The first-order valence-electron chi connectivity index (χ1n) is 6.81. The van der Waals surface area contributed by atoms with Gasteiger partial charge in [-0.3, -0.25) is 4.79 Å². The van der Waals surface area contributed by atoms with E-state index in [2.05, 4.69) is 11.4 Å². The fraction of sp³-hybridized carbons (Fsp3) is 0.562. The number of carbonyl (C=O) groups is 1. The molecule has 1 aliphatic rings. The van der Waals surface area contributed by atoms with Crippen LogP contribution in [0.4, 0.5) is 0 Å². The number of carbonyl (C=O) groups excluding carboxylic acids is 1. The number of benzene rings is 1. The maximum Gasteiger partial charge on any atom is 0.225 e. The molecule has 3 heteroatoms. The molecule has 0 saturated heterocycles. The fourth-order valence-electron chi connectivity index (χ4n) is 2.29. The van der Waals surface area contributed by atoms with Gasteiger partial charge in [-0.25, -0.2) is 0 Å². The van der Waals surface area contributed by atoms with Gasteiger partial charge in [0, 0.05) is 22.9 Å². The number of nitrogens with one attached hydrogen (secondary N) is 1. The summed E-state index contributed by atoms with van der Waals surface area (Å²) in [5.74, 6) is 1.03. The van der Waals surface area contributed by atoms with E-state index < -0.39 is 0 Å². The Morgan fingerprint density at radius 1 is 1.32 bits per heavy atom. The van der Waals surface area contributed by atoms with Gasteiger partial charge in [0.2, 0.25) is 5.91 Å². The number of ether oxygens (including phenoxy) is 1. The summed E-state index contributed by atoms with van der Waals surface area (Å²) in [6.45, 7) is 6.50. The maximum atomic E-state index is 12.0. The van der Waals surface area contributed by atoms with Crippen LogP contribution in [0.3, 0.4) is 0 Å². The molecule has 1 saturated carbocycles. The van der Waals surface area contributed by atoms with Crippen LogP contribution in [0, 0.1) is 5.41 Å². The molecule has 0 aromatic heterocycles. The fourth-order valence-corrected chi connectivity index (χ4v) is 2.29. The Kier molecular flexibility index (Phi) is 3.57. The molecule has 104 valence electrons. The van der Waals surface area contributed by atoms with Crippen molar-refractivity contribution in [1.82, 2.24) is 5.32 Å². The summed E-state index contributed by atoms with van der Waals surface area (Å²) < 4.78 is 5.43. The molecule has 1 fully saturated rings. The Morgan fingerprint density at radius 2 is 1.95 bits per heavy atom. The van der Waals surface area contributed by atoms with Crippen molar-refractivity contribution in [2.45, 2.75) is 39.0 Å². The lowest BCUT2D eigenvalue weighted by molar-refractivity contribution is -0.128. The van der Waals surface area contributed by atoms with Crippen molar-refractivity contribution in [3.8, 4) is 5.75 Å². The SMILES string of the molecule is COc1ccccc1C1(CNC(=O)C(C)(C)C)CC1. The first-order valence-corrected chi connectivity index (χ1v) is 6.81. The van der Waals surface area contributed by atoms with E-state index in [0.717, 1.165) is 18.6 Å². The molecular formula is C16H23NO2. The summed E-state index contributed by atoms with van der Waals surface area (Å²) in [6.07, 6.45) is 2.22. The molecule has 1 N–H and O–H groups in total. The van der Waals surface area contributed by atoms with Crippen LogP contribution in [0.5, 0.6) is 5.75 Å². The summed E-state index contributed by atoms with van der Waals surface area (Å²) in [7, 11) is 1.70. The average molecular weight is 261 g/mol. The van der Waals surface area contributed by atoms with E-state index in [1.54, 1.807) is 7.11 Å². The minimum atomic E-state index is -0.336. The molecular weight excluding hydrogens is 238 g/mol. The van der Waals surface area contributed by atoms with Crippen LogP contribution in [0.1, 0.15) is 39.2 Å². The lowest BCUT2D eigenvalue weighted by atomic mass is 9.92. The van der Waals surface area contributed by atoms with Crippen molar-refractivity contribution in [1.29, 1.82) is 0 Å². The molecule has 0 atom stereocenters. The van der Waals surface area contributed by atoms with Crippen LogP contribution in [-0.2, 0) is 10.2 Å². The van der Waals surface area contributed by atoms with Crippen LogP contribution in [0.25, 0.3) is 0 Å². The second-order valence-electron chi connectivity index (χ2n) is 6.41. The van der Waals surface area contributed by atoms with Crippen molar-refractivity contribution in [2.24, 2.45) is 5.41 Å². The van der Waals surface area contributed by atoms with Gasteiger partial charge in [0.25, 0.3) is 0 Å². The van der Waals surface area contributed by atoms with Gasteiger partial charge in [0.1, 0.15) is 5.75 Å². The highest BCUT2D eigenvalue weighted by Crippen LogP contribution is 2.50. The van der Waals surface area contributed by atoms with Gasteiger partial charge in [-0.1, -0.05) is 39.0 Å². The van der Waals surface area contributed by atoms with Gasteiger partial charge < -0.3 is 10.1 Å². The monoisotopic (exact) mass is 261 g/mol.